The van der Waals surface area contributed by atoms with Crippen molar-refractivity contribution in [2.45, 2.75) is 70.1 Å². The van der Waals surface area contributed by atoms with E-state index in [2.05, 4.69) is 17.6 Å². The van der Waals surface area contributed by atoms with E-state index in [4.69, 9.17) is 4.74 Å². The molecule has 116 valence electrons. The van der Waals surface area contributed by atoms with Gasteiger partial charge in [-0.1, -0.05) is 6.42 Å². The van der Waals surface area contributed by atoms with Gasteiger partial charge in [-0.05, 0) is 45.6 Å². The molecule has 1 aliphatic heterocycles. The Bertz CT molecular complexity index is 341. The molecule has 1 spiro atoms. The highest BCUT2D eigenvalue weighted by atomic mass is 35.5. The zero-order valence-electron chi connectivity index (χ0n) is 12.3. The normalized spacial score (nSPS) is 34.0. The molecule has 3 rings (SSSR count). The first kappa shape index (κ1) is 16.1. The predicted molar refractivity (Wildman–Crippen MR) is 81.1 cm³/mol. The summed E-state index contributed by atoms with van der Waals surface area (Å²) in [5.41, 5.74) is 0.286. The van der Waals surface area contributed by atoms with E-state index >= 15 is 0 Å². The SMILES string of the molecule is CCOC1CC(NC(=O)CC2CCCN2)C12CCC2.Cl. The van der Waals surface area contributed by atoms with Crippen LogP contribution in [0.4, 0.5) is 0 Å². The largest absolute Gasteiger partial charge is 0.378 e. The summed E-state index contributed by atoms with van der Waals surface area (Å²) in [4.78, 5) is 12.1. The van der Waals surface area contributed by atoms with Gasteiger partial charge in [-0.2, -0.15) is 0 Å². The zero-order valence-corrected chi connectivity index (χ0v) is 13.1. The summed E-state index contributed by atoms with van der Waals surface area (Å²) < 4.78 is 5.82. The minimum Gasteiger partial charge on any atom is -0.378 e. The third kappa shape index (κ3) is 2.83. The molecule has 0 radical (unpaired) electrons. The molecule has 0 bridgehead atoms. The van der Waals surface area contributed by atoms with Gasteiger partial charge in [0.05, 0.1) is 6.10 Å². The number of halogens is 1. The average Bonchev–Trinajstić information content (AvgIpc) is 2.78. The van der Waals surface area contributed by atoms with Crippen molar-refractivity contribution in [2.75, 3.05) is 13.2 Å². The Kier molecular flexibility index (Phi) is 5.32. The molecule has 0 aromatic rings. The van der Waals surface area contributed by atoms with Gasteiger partial charge in [0.1, 0.15) is 0 Å². The number of nitrogens with one attached hydrogen (secondary N) is 2. The Labute approximate surface area is 127 Å². The second kappa shape index (κ2) is 6.63. The molecular formula is C15H27ClN2O2. The van der Waals surface area contributed by atoms with Crippen molar-refractivity contribution in [1.82, 2.24) is 10.6 Å². The summed E-state index contributed by atoms with van der Waals surface area (Å²) in [6.45, 7) is 3.92. The molecule has 3 fully saturated rings. The lowest BCUT2D eigenvalue weighted by Gasteiger charge is -2.61. The van der Waals surface area contributed by atoms with E-state index in [1.807, 2.05) is 0 Å². The number of ether oxygens (including phenoxy) is 1. The van der Waals surface area contributed by atoms with Crippen LogP contribution in [0.2, 0.25) is 0 Å². The number of carbonyl (C=O) groups is 1. The molecule has 20 heavy (non-hydrogen) atoms. The van der Waals surface area contributed by atoms with Gasteiger partial charge in [-0.25, -0.2) is 0 Å². The standard InChI is InChI=1S/C15H26N2O2.ClH/c1-2-19-13-10-12(15(13)6-4-7-15)17-14(18)9-11-5-3-8-16-11;/h11-13,16H,2-10H2,1H3,(H,17,18);1H. The number of hydrogen-bond donors (Lipinski definition) is 2. The molecule has 1 amide bonds. The van der Waals surface area contributed by atoms with Gasteiger partial charge >= 0.3 is 0 Å². The lowest BCUT2D eigenvalue weighted by Crippen LogP contribution is -2.67. The predicted octanol–water partition coefficient (Wildman–Crippen LogP) is 2.01. The third-order valence-electron chi connectivity index (χ3n) is 5.37. The van der Waals surface area contributed by atoms with Crippen LogP contribution in [-0.2, 0) is 9.53 Å². The van der Waals surface area contributed by atoms with Crippen molar-refractivity contribution < 1.29 is 9.53 Å². The first-order chi connectivity index (χ1) is 9.24. The smallest absolute Gasteiger partial charge is 0.221 e. The van der Waals surface area contributed by atoms with E-state index in [0.29, 0.717) is 24.6 Å². The van der Waals surface area contributed by atoms with Crippen molar-refractivity contribution in [3.05, 3.63) is 0 Å². The number of hydrogen-bond acceptors (Lipinski definition) is 3. The van der Waals surface area contributed by atoms with Gasteiger partial charge in [-0.3, -0.25) is 4.79 Å². The quantitative estimate of drug-likeness (QED) is 0.817. The highest BCUT2D eigenvalue weighted by molar-refractivity contribution is 5.85. The first-order valence-electron chi connectivity index (χ1n) is 7.89. The van der Waals surface area contributed by atoms with E-state index in [1.165, 1.54) is 25.7 Å². The van der Waals surface area contributed by atoms with Crippen LogP contribution in [0.5, 0.6) is 0 Å². The van der Waals surface area contributed by atoms with E-state index in [0.717, 1.165) is 26.0 Å². The molecule has 3 atom stereocenters. The van der Waals surface area contributed by atoms with E-state index in [-0.39, 0.29) is 23.7 Å². The highest BCUT2D eigenvalue weighted by Crippen LogP contribution is 2.57. The lowest BCUT2D eigenvalue weighted by molar-refractivity contribution is -0.175. The van der Waals surface area contributed by atoms with Crippen LogP contribution in [-0.4, -0.2) is 37.2 Å². The summed E-state index contributed by atoms with van der Waals surface area (Å²) >= 11 is 0. The molecule has 1 heterocycles. The van der Waals surface area contributed by atoms with E-state index < -0.39 is 0 Å². The molecule has 2 N–H and O–H groups in total. The summed E-state index contributed by atoms with van der Waals surface area (Å²) in [5, 5.41) is 6.65. The average molecular weight is 303 g/mol. The Balaban J connectivity index is 0.00000147. The summed E-state index contributed by atoms with van der Waals surface area (Å²) in [6, 6.07) is 0.770. The molecule has 0 aromatic carbocycles. The van der Waals surface area contributed by atoms with E-state index in [9.17, 15) is 4.79 Å². The molecule has 0 aromatic heterocycles. The maximum Gasteiger partial charge on any atom is 0.221 e. The van der Waals surface area contributed by atoms with Crippen LogP contribution in [0.1, 0.15) is 51.9 Å². The molecule has 5 heteroatoms. The minimum absolute atomic E-state index is 0. The Hall–Kier alpha value is -0.320. The van der Waals surface area contributed by atoms with Crippen LogP contribution >= 0.6 is 12.4 Å². The molecule has 4 nitrogen and oxygen atoms in total. The topological polar surface area (TPSA) is 50.4 Å². The Morgan fingerprint density at radius 2 is 2.20 bits per heavy atom. The van der Waals surface area contributed by atoms with Crippen LogP contribution in [0.3, 0.4) is 0 Å². The molecule has 2 aliphatic carbocycles. The molecule has 3 unspecified atom stereocenters. The molecule has 2 saturated carbocycles. The lowest BCUT2D eigenvalue weighted by atomic mass is 9.51. The molecular weight excluding hydrogens is 276 g/mol. The van der Waals surface area contributed by atoms with Crippen molar-refractivity contribution >= 4 is 18.3 Å². The molecule has 3 aliphatic rings. The number of rotatable bonds is 5. The maximum atomic E-state index is 12.1. The van der Waals surface area contributed by atoms with Crippen LogP contribution in [0.15, 0.2) is 0 Å². The zero-order chi connectivity index (χ0) is 13.3. The van der Waals surface area contributed by atoms with Gasteiger partial charge in [0.25, 0.3) is 0 Å². The van der Waals surface area contributed by atoms with Gasteiger partial charge < -0.3 is 15.4 Å². The van der Waals surface area contributed by atoms with Crippen LogP contribution in [0, 0.1) is 5.41 Å². The second-order valence-corrected chi connectivity index (χ2v) is 6.38. The maximum absolute atomic E-state index is 12.1. The second-order valence-electron chi connectivity index (χ2n) is 6.38. The van der Waals surface area contributed by atoms with Crippen molar-refractivity contribution in [1.29, 1.82) is 0 Å². The fourth-order valence-electron chi connectivity index (χ4n) is 4.05. The summed E-state index contributed by atoms with van der Waals surface area (Å²) in [5.74, 6) is 0.227. The van der Waals surface area contributed by atoms with Crippen LogP contribution < -0.4 is 10.6 Å². The number of carbonyl (C=O) groups excluding carboxylic acids is 1. The molecule has 1 saturated heterocycles. The third-order valence-corrected chi connectivity index (χ3v) is 5.37. The van der Waals surface area contributed by atoms with Crippen molar-refractivity contribution in [3.63, 3.8) is 0 Å². The van der Waals surface area contributed by atoms with Crippen LogP contribution in [0.25, 0.3) is 0 Å². The summed E-state index contributed by atoms with van der Waals surface area (Å²) in [6.07, 6.45) is 8.14. The minimum atomic E-state index is 0. The van der Waals surface area contributed by atoms with Crippen molar-refractivity contribution in [2.24, 2.45) is 5.41 Å². The Morgan fingerprint density at radius 3 is 2.75 bits per heavy atom. The highest BCUT2D eigenvalue weighted by Gasteiger charge is 2.59. The van der Waals surface area contributed by atoms with Gasteiger partial charge in [0.2, 0.25) is 5.91 Å². The van der Waals surface area contributed by atoms with Crippen molar-refractivity contribution in [3.8, 4) is 0 Å². The van der Waals surface area contributed by atoms with Gasteiger partial charge in [0, 0.05) is 30.5 Å². The fraction of sp³-hybridized carbons (Fsp3) is 0.933. The Morgan fingerprint density at radius 1 is 1.40 bits per heavy atom. The monoisotopic (exact) mass is 302 g/mol. The summed E-state index contributed by atoms with van der Waals surface area (Å²) in [7, 11) is 0. The number of amides is 1. The van der Waals surface area contributed by atoms with Gasteiger partial charge in [-0.15, -0.1) is 12.4 Å². The first-order valence-corrected chi connectivity index (χ1v) is 7.89. The van der Waals surface area contributed by atoms with Gasteiger partial charge in [0.15, 0.2) is 0 Å². The fourth-order valence-corrected chi connectivity index (χ4v) is 4.05. The van der Waals surface area contributed by atoms with E-state index in [1.54, 1.807) is 0 Å².